The molecule has 0 saturated heterocycles. The van der Waals surface area contributed by atoms with Gasteiger partial charge in [-0.25, -0.2) is 4.79 Å². The van der Waals surface area contributed by atoms with Crippen molar-refractivity contribution in [3.05, 3.63) is 23.3 Å². The highest BCUT2D eigenvalue weighted by molar-refractivity contribution is 5.93. The standard InChI is InChI=1S/C11H14O4/c1-3-6(2)8-4-7(12)5-9(13)10(8)11(14)15/h4-6,12-13H,3H2,1-2H3,(H,14,15). The van der Waals surface area contributed by atoms with Gasteiger partial charge in [0.15, 0.2) is 0 Å². The zero-order chi connectivity index (χ0) is 11.6. The van der Waals surface area contributed by atoms with Gasteiger partial charge in [0.1, 0.15) is 17.1 Å². The second kappa shape index (κ2) is 4.21. The van der Waals surface area contributed by atoms with Crippen LogP contribution in [0, 0.1) is 0 Å². The Kier molecular flexibility index (Phi) is 3.19. The SMILES string of the molecule is CCC(C)c1cc(O)cc(O)c1C(=O)O. The Bertz CT molecular complexity index is 384. The van der Waals surface area contributed by atoms with Crippen LogP contribution in [0.4, 0.5) is 0 Å². The van der Waals surface area contributed by atoms with Crippen LogP contribution in [-0.2, 0) is 0 Å². The van der Waals surface area contributed by atoms with Gasteiger partial charge in [0.05, 0.1) is 0 Å². The molecule has 0 aliphatic rings. The molecule has 1 unspecified atom stereocenters. The molecule has 0 bridgehead atoms. The van der Waals surface area contributed by atoms with Crippen molar-refractivity contribution in [2.24, 2.45) is 0 Å². The van der Waals surface area contributed by atoms with Crippen molar-refractivity contribution in [3.63, 3.8) is 0 Å². The van der Waals surface area contributed by atoms with Gasteiger partial charge >= 0.3 is 5.97 Å². The molecule has 1 atom stereocenters. The molecule has 0 fully saturated rings. The summed E-state index contributed by atoms with van der Waals surface area (Å²) in [5.41, 5.74) is 0.338. The van der Waals surface area contributed by atoms with E-state index in [4.69, 9.17) is 5.11 Å². The fourth-order valence-electron chi connectivity index (χ4n) is 1.47. The van der Waals surface area contributed by atoms with Crippen molar-refractivity contribution in [1.82, 2.24) is 0 Å². The highest BCUT2D eigenvalue weighted by Gasteiger charge is 2.19. The normalized spacial score (nSPS) is 12.4. The Morgan fingerprint density at radius 1 is 1.40 bits per heavy atom. The molecule has 0 heterocycles. The zero-order valence-corrected chi connectivity index (χ0v) is 8.69. The van der Waals surface area contributed by atoms with Crippen LogP contribution in [0.3, 0.4) is 0 Å². The van der Waals surface area contributed by atoms with E-state index in [9.17, 15) is 15.0 Å². The molecule has 82 valence electrons. The average Bonchev–Trinajstić information content (AvgIpc) is 2.14. The first-order valence-electron chi connectivity index (χ1n) is 4.76. The monoisotopic (exact) mass is 210 g/mol. The van der Waals surface area contributed by atoms with Crippen LogP contribution < -0.4 is 0 Å². The van der Waals surface area contributed by atoms with Gasteiger partial charge in [-0.2, -0.15) is 0 Å². The van der Waals surface area contributed by atoms with Crippen molar-refractivity contribution in [2.45, 2.75) is 26.2 Å². The second-order valence-corrected chi connectivity index (χ2v) is 3.54. The summed E-state index contributed by atoms with van der Waals surface area (Å²) in [6, 6.07) is 2.42. The van der Waals surface area contributed by atoms with Crippen molar-refractivity contribution in [1.29, 1.82) is 0 Å². The molecule has 4 heteroatoms. The van der Waals surface area contributed by atoms with Gasteiger partial charge in [-0.3, -0.25) is 0 Å². The minimum atomic E-state index is -1.18. The van der Waals surface area contributed by atoms with Crippen LogP contribution in [0.2, 0.25) is 0 Å². The van der Waals surface area contributed by atoms with Gasteiger partial charge in [-0.1, -0.05) is 13.8 Å². The molecule has 3 N–H and O–H groups in total. The van der Waals surface area contributed by atoms with Crippen molar-refractivity contribution >= 4 is 5.97 Å². The quantitative estimate of drug-likeness (QED) is 0.715. The molecule has 0 amide bonds. The number of aromatic hydroxyl groups is 2. The summed E-state index contributed by atoms with van der Waals surface area (Å²) in [6.45, 7) is 3.76. The summed E-state index contributed by atoms with van der Waals surface area (Å²) >= 11 is 0. The fourth-order valence-corrected chi connectivity index (χ4v) is 1.47. The number of carboxylic acids is 1. The number of aromatic carboxylic acids is 1. The third-order valence-electron chi connectivity index (χ3n) is 2.49. The van der Waals surface area contributed by atoms with Crippen molar-refractivity contribution in [2.75, 3.05) is 0 Å². The van der Waals surface area contributed by atoms with E-state index in [0.717, 1.165) is 12.5 Å². The van der Waals surface area contributed by atoms with Gasteiger partial charge < -0.3 is 15.3 Å². The van der Waals surface area contributed by atoms with E-state index >= 15 is 0 Å². The molecular weight excluding hydrogens is 196 g/mol. The highest BCUT2D eigenvalue weighted by Crippen LogP contribution is 2.33. The Hall–Kier alpha value is -1.71. The number of hydrogen-bond donors (Lipinski definition) is 3. The fraction of sp³-hybridized carbons (Fsp3) is 0.364. The summed E-state index contributed by atoms with van der Waals surface area (Å²) in [6.07, 6.45) is 0.739. The number of benzene rings is 1. The summed E-state index contributed by atoms with van der Waals surface area (Å²) < 4.78 is 0. The molecule has 0 spiro atoms. The number of carbonyl (C=O) groups is 1. The van der Waals surface area contributed by atoms with Crippen LogP contribution >= 0.6 is 0 Å². The van der Waals surface area contributed by atoms with Crippen molar-refractivity contribution in [3.8, 4) is 11.5 Å². The molecule has 4 nitrogen and oxygen atoms in total. The third-order valence-corrected chi connectivity index (χ3v) is 2.49. The Labute approximate surface area is 87.8 Å². The average molecular weight is 210 g/mol. The molecular formula is C11H14O4. The maximum absolute atomic E-state index is 10.9. The maximum atomic E-state index is 10.9. The van der Waals surface area contributed by atoms with Gasteiger partial charge in [-0.05, 0) is 24.0 Å². The molecule has 1 aromatic carbocycles. The lowest BCUT2D eigenvalue weighted by Crippen LogP contribution is -2.05. The van der Waals surface area contributed by atoms with Crippen LogP contribution in [0.1, 0.15) is 42.1 Å². The summed E-state index contributed by atoms with van der Waals surface area (Å²) in [4.78, 5) is 10.9. The first kappa shape index (κ1) is 11.4. The van der Waals surface area contributed by atoms with Crippen LogP contribution in [0.15, 0.2) is 12.1 Å². The highest BCUT2D eigenvalue weighted by atomic mass is 16.4. The molecule has 0 aliphatic heterocycles. The molecule has 0 radical (unpaired) electrons. The lowest BCUT2D eigenvalue weighted by Gasteiger charge is -2.14. The van der Waals surface area contributed by atoms with Crippen molar-refractivity contribution < 1.29 is 20.1 Å². The zero-order valence-electron chi connectivity index (χ0n) is 8.69. The van der Waals surface area contributed by atoms with Gasteiger partial charge in [0, 0.05) is 6.07 Å². The molecule has 0 aliphatic carbocycles. The van der Waals surface area contributed by atoms with E-state index in [0.29, 0.717) is 5.56 Å². The number of hydrogen-bond acceptors (Lipinski definition) is 3. The predicted molar refractivity (Wildman–Crippen MR) is 55.4 cm³/mol. The molecule has 0 saturated carbocycles. The number of rotatable bonds is 3. The van der Waals surface area contributed by atoms with Crippen LogP contribution in [-0.4, -0.2) is 21.3 Å². The first-order valence-corrected chi connectivity index (χ1v) is 4.76. The summed E-state index contributed by atoms with van der Waals surface area (Å²) in [7, 11) is 0. The maximum Gasteiger partial charge on any atom is 0.339 e. The molecule has 15 heavy (non-hydrogen) atoms. The van der Waals surface area contributed by atoms with Gasteiger partial charge in [0.25, 0.3) is 0 Å². The minimum Gasteiger partial charge on any atom is -0.508 e. The summed E-state index contributed by atoms with van der Waals surface area (Å²) in [5.74, 6) is -1.71. The van der Waals surface area contributed by atoms with Crippen LogP contribution in [0.5, 0.6) is 11.5 Å². The molecule has 0 aromatic heterocycles. The van der Waals surface area contributed by atoms with E-state index in [1.807, 2.05) is 13.8 Å². The predicted octanol–water partition coefficient (Wildman–Crippen LogP) is 2.31. The Balaban J connectivity index is 3.39. The first-order chi connectivity index (χ1) is 6.97. The molecule has 1 rings (SSSR count). The minimum absolute atomic E-state index is 0.0194. The lowest BCUT2D eigenvalue weighted by atomic mass is 9.93. The topological polar surface area (TPSA) is 77.8 Å². The van der Waals surface area contributed by atoms with Gasteiger partial charge in [0.2, 0.25) is 0 Å². The lowest BCUT2D eigenvalue weighted by molar-refractivity contribution is 0.0692. The molecule has 1 aromatic rings. The van der Waals surface area contributed by atoms with E-state index in [-0.39, 0.29) is 17.2 Å². The van der Waals surface area contributed by atoms with E-state index < -0.39 is 11.7 Å². The largest absolute Gasteiger partial charge is 0.508 e. The Morgan fingerprint density at radius 2 is 2.00 bits per heavy atom. The third kappa shape index (κ3) is 2.21. The van der Waals surface area contributed by atoms with Gasteiger partial charge in [-0.15, -0.1) is 0 Å². The second-order valence-electron chi connectivity index (χ2n) is 3.54. The van der Waals surface area contributed by atoms with E-state index in [2.05, 4.69) is 0 Å². The number of phenols is 2. The Morgan fingerprint density at radius 3 is 2.47 bits per heavy atom. The van der Waals surface area contributed by atoms with E-state index in [1.54, 1.807) is 0 Å². The number of phenolic OH excluding ortho intramolecular Hbond substituents is 1. The summed E-state index contributed by atoms with van der Waals surface area (Å²) in [5, 5.41) is 27.7. The van der Waals surface area contributed by atoms with Crippen LogP contribution in [0.25, 0.3) is 0 Å². The smallest absolute Gasteiger partial charge is 0.339 e. The van der Waals surface area contributed by atoms with E-state index in [1.165, 1.54) is 6.07 Å². The number of carboxylic acid groups (broad SMARTS) is 1.